The van der Waals surface area contributed by atoms with Crippen molar-refractivity contribution in [2.75, 3.05) is 38.0 Å². The Morgan fingerprint density at radius 3 is 2.52 bits per heavy atom. The summed E-state index contributed by atoms with van der Waals surface area (Å²) in [5, 5.41) is 2.63. The van der Waals surface area contributed by atoms with Gasteiger partial charge in [0.05, 0.1) is 10.0 Å². The number of nitrogens with one attached hydrogen (secondary N) is 1. The van der Waals surface area contributed by atoms with Gasteiger partial charge in [0.25, 0.3) is 0 Å². The minimum Gasteiger partial charge on any atom is -0.324 e. The van der Waals surface area contributed by atoms with E-state index >= 15 is 0 Å². The normalized spacial score (nSPS) is 16.1. The topological polar surface area (TPSA) is 35.6 Å². The van der Waals surface area contributed by atoms with Crippen LogP contribution < -0.4 is 5.32 Å². The van der Waals surface area contributed by atoms with Crippen LogP contribution in [0, 0.1) is 5.82 Å². The van der Waals surface area contributed by atoms with Crippen LogP contribution in [0.2, 0.25) is 4.34 Å². The third-order valence-corrected chi connectivity index (χ3v) is 5.49. The van der Waals surface area contributed by atoms with Crippen molar-refractivity contribution in [3.8, 4) is 0 Å². The first-order chi connectivity index (χ1) is 12.1. The molecular formula is C18H21ClFN3OS. The van der Waals surface area contributed by atoms with E-state index in [9.17, 15) is 9.18 Å². The summed E-state index contributed by atoms with van der Waals surface area (Å²) in [7, 11) is 0. The van der Waals surface area contributed by atoms with Crippen molar-refractivity contribution >= 4 is 34.5 Å². The number of halogens is 2. The second kappa shape index (κ2) is 8.76. The largest absolute Gasteiger partial charge is 0.324 e. The van der Waals surface area contributed by atoms with Gasteiger partial charge in [-0.25, -0.2) is 4.39 Å². The molecule has 25 heavy (non-hydrogen) atoms. The van der Waals surface area contributed by atoms with E-state index in [-0.39, 0.29) is 11.6 Å². The van der Waals surface area contributed by atoms with Gasteiger partial charge in [-0.15, -0.1) is 11.3 Å². The summed E-state index contributed by atoms with van der Waals surface area (Å²) in [6.07, 6.45) is 0.370. The molecule has 1 aromatic heterocycles. The van der Waals surface area contributed by atoms with Crippen LogP contribution in [-0.2, 0) is 11.3 Å². The first-order valence-electron chi connectivity index (χ1n) is 8.33. The molecule has 1 fully saturated rings. The SMILES string of the molecule is O=C(CCN1CCN(Cc2ccc(Cl)s2)CC1)Nc1ccccc1F. The lowest BCUT2D eigenvalue weighted by molar-refractivity contribution is -0.116. The number of nitrogens with zero attached hydrogens (tertiary/aromatic N) is 2. The number of benzene rings is 1. The maximum atomic E-state index is 13.5. The molecule has 1 amide bonds. The van der Waals surface area contributed by atoms with Crippen molar-refractivity contribution < 1.29 is 9.18 Å². The molecule has 0 radical (unpaired) electrons. The zero-order chi connectivity index (χ0) is 17.6. The third kappa shape index (κ3) is 5.51. The average Bonchev–Trinajstić information content (AvgIpc) is 3.01. The molecule has 0 saturated carbocycles. The molecule has 0 unspecified atom stereocenters. The van der Waals surface area contributed by atoms with Crippen LogP contribution in [0.4, 0.5) is 10.1 Å². The van der Waals surface area contributed by atoms with Crippen LogP contribution in [0.5, 0.6) is 0 Å². The zero-order valence-electron chi connectivity index (χ0n) is 13.9. The Balaban J connectivity index is 1.37. The first kappa shape index (κ1) is 18.3. The molecule has 1 N–H and O–H groups in total. The lowest BCUT2D eigenvalue weighted by atomic mass is 10.2. The monoisotopic (exact) mass is 381 g/mol. The number of amides is 1. The quantitative estimate of drug-likeness (QED) is 0.829. The molecule has 0 spiro atoms. The van der Waals surface area contributed by atoms with Crippen LogP contribution in [-0.4, -0.2) is 48.4 Å². The molecule has 4 nitrogen and oxygen atoms in total. The van der Waals surface area contributed by atoms with Crippen LogP contribution in [0.15, 0.2) is 36.4 Å². The van der Waals surface area contributed by atoms with Crippen molar-refractivity contribution in [3.63, 3.8) is 0 Å². The predicted molar refractivity (Wildman–Crippen MR) is 101 cm³/mol. The van der Waals surface area contributed by atoms with Gasteiger partial charge in [0, 0.05) is 50.6 Å². The Morgan fingerprint density at radius 1 is 1.12 bits per heavy atom. The number of hydrogen-bond donors (Lipinski definition) is 1. The summed E-state index contributed by atoms with van der Waals surface area (Å²) in [6, 6.07) is 10.2. The predicted octanol–water partition coefficient (Wildman–Crippen LogP) is 3.69. The highest BCUT2D eigenvalue weighted by molar-refractivity contribution is 7.16. The average molecular weight is 382 g/mol. The van der Waals surface area contributed by atoms with Gasteiger partial charge in [-0.05, 0) is 24.3 Å². The van der Waals surface area contributed by atoms with Crippen LogP contribution in [0.25, 0.3) is 0 Å². The number of thiophene rings is 1. The summed E-state index contributed by atoms with van der Waals surface area (Å²) in [4.78, 5) is 17.9. The maximum absolute atomic E-state index is 13.5. The fraction of sp³-hybridized carbons (Fsp3) is 0.389. The van der Waals surface area contributed by atoms with Gasteiger partial charge in [0.1, 0.15) is 5.82 Å². The van der Waals surface area contributed by atoms with Crippen molar-refractivity contribution in [3.05, 3.63) is 51.4 Å². The molecule has 134 valence electrons. The minimum absolute atomic E-state index is 0.152. The molecule has 3 rings (SSSR count). The van der Waals surface area contributed by atoms with E-state index in [4.69, 9.17) is 11.6 Å². The van der Waals surface area contributed by atoms with E-state index in [2.05, 4.69) is 21.2 Å². The van der Waals surface area contributed by atoms with E-state index < -0.39 is 5.82 Å². The van der Waals surface area contributed by atoms with E-state index in [0.717, 1.165) is 37.1 Å². The molecule has 0 aliphatic carbocycles. The van der Waals surface area contributed by atoms with Gasteiger partial charge >= 0.3 is 0 Å². The van der Waals surface area contributed by atoms with Crippen LogP contribution in [0.1, 0.15) is 11.3 Å². The smallest absolute Gasteiger partial charge is 0.225 e. The second-order valence-electron chi connectivity index (χ2n) is 6.10. The lowest BCUT2D eigenvalue weighted by Gasteiger charge is -2.34. The van der Waals surface area contributed by atoms with Crippen molar-refractivity contribution in [1.82, 2.24) is 9.80 Å². The Kier molecular flexibility index (Phi) is 6.42. The van der Waals surface area contributed by atoms with Gasteiger partial charge in [0.2, 0.25) is 5.91 Å². The summed E-state index contributed by atoms with van der Waals surface area (Å²) in [5.74, 6) is -0.557. The molecule has 1 aromatic carbocycles. The van der Waals surface area contributed by atoms with Gasteiger partial charge in [-0.3, -0.25) is 9.69 Å². The highest BCUT2D eigenvalue weighted by atomic mass is 35.5. The van der Waals surface area contributed by atoms with E-state index in [1.54, 1.807) is 29.5 Å². The van der Waals surface area contributed by atoms with Crippen molar-refractivity contribution in [2.45, 2.75) is 13.0 Å². The fourth-order valence-electron chi connectivity index (χ4n) is 2.86. The number of hydrogen-bond acceptors (Lipinski definition) is 4. The highest BCUT2D eigenvalue weighted by Gasteiger charge is 2.18. The van der Waals surface area contributed by atoms with Gasteiger partial charge in [-0.2, -0.15) is 0 Å². The number of carbonyl (C=O) groups is 1. The lowest BCUT2D eigenvalue weighted by Crippen LogP contribution is -2.46. The van der Waals surface area contributed by atoms with Gasteiger partial charge in [0.15, 0.2) is 0 Å². The molecule has 7 heteroatoms. The molecule has 1 aliphatic heterocycles. The van der Waals surface area contributed by atoms with E-state index in [0.29, 0.717) is 13.0 Å². The fourth-order valence-corrected chi connectivity index (χ4v) is 3.99. The summed E-state index contributed by atoms with van der Waals surface area (Å²) < 4.78 is 14.4. The highest BCUT2D eigenvalue weighted by Crippen LogP contribution is 2.23. The molecule has 2 aromatic rings. The van der Waals surface area contributed by atoms with Crippen LogP contribution in [0.3, 0.4) is 0 Å². The molecule has 2 heterocycles. The minimum atomic E-state index is -0.404. The van der Waals surface area contributed by atoms with Gasteiger partial charge in [-0.1, -0.05) is 23.7 Å². The molecule has 0 bridgehead atoms. The Labute approximate surface area is 156 Å². The zero-order valence-corrected chi connectivity index (χ0v) is 15.5. The van der Waals surface area contributed by atoms with Crippen molar-refractivity contribution in [2.24, 2.45) is 0 Å². The summed E-state index contributed by atoms with van der Waals surface area (Å²) >= 11 is 7.60. The molecular weight excluding hydrogens is 361 g/mol. The second-order valence-corrected chi connectivity index (χ2v) is 7.90. The Hall–Kier alpha value is -1.47. The molecule has 0 atom stereocenters. The Morgan fingerprint density at radius 2 is 1.84 bits per heavy atom. The number of rotatable bonds is 6. The summed E-state index contributed by atoms with van der Waals surface area (Å²) in [5.41, 5.74) is 0.243. The standard InChI is InChI=1S/C18H21ClFN3OS/c19-17-6-5-14(25-17)13-23-11-9-22(10-12-23)8-7-18(24)21-16-4-2-1-3-15(16)20/h1-6H,7-13H2,(H,21,24). The van der Waals surface area contributed by atoms with E-state index in [1.807, 2.05) is 6.07 Å². The number of piperazine rings is 1. The van der Waals surface area contributed by atoms with Gasteiger partial charge < -0.3 is 10.2 Å². The van der Waals surface area contributed by atoms with Crippen LogP contribution >= 0.6 is 22.9 Å². The maximum Gasteiger partial charge on any atom is 0.225 e. The number of para-hydroxylation sites is 1. The first-order valence-corrected chi connectivity index (χ1v) is 9.53. The molecule has 1 aliphatic rings. The number of anilines is 1. The summed E-state index contributed by atoms with van der Waals surface area (Å²) in [6.45, 7) is 5.45. The van der Waals surface area contributed by atoms with E-state index in [1.165, 1.54) is 10.9 Å². The number of carbonyl (C=O) groups excluding carboxylic acids is 1. The Bertz CT molecular complexity index is 716. The van der Waals surface area contributed by atoms with Crippen molar-refractivity contribution in [1.29, 1.82) is 0 Å². The third-order valence-electron chi connectivity index (χ3n) is 4.28. The molecule has 1 saturated heterocycles.